The molecule has 12 rings (SSSR count). The molecule has 0 nitrogen and oxygen atoms in total. The van der Waals surface area contributed by atoms with Gasteiger partial charge in [0.25, 0.3) is 0 Å². The van der Waals surface area contributed by atoms with Crippen LogP contribution in [0.1, 0.15) is 66.8 Å². The molecule has 0 heterocycles. The first-order chi connectivity index (χ1) is 36.5. The Bertz CT molecular complexity index is 3200. The second kappa shape index (κ2) is 30.5. The number of hydrogen-bond donors (Lipinski definition) is 0. The molecular formula is C72H72Cl2Si2Zr2-2. The number of halogens is 2. The van der Waals surface area contributed by atoms with E-state index in [2.05, 4.69) is 301 Å². The molecule has 0 saturated heterocycles. The van der Waals surface area contributed by atoms with Gasteiger partial charge in [-0.2, -0.15) is 24.3 Å². The van der Waals surface area contributed by atoms with Crippen LogP contribution in [0.2, 0.25) is 0 Å². The van der Waals surface area contributed by atoms with Crippen molar-refractivity contribution in [1.29, 1.82) is 0 Å². The number of hydrogen-bond acceptors (Lipinski definition) is 0. The fourth-order valence-corrected chi connectivity index (χ4v) is 17.4. The number of aryl methyl sites for hydroxylation is 12. The summed E-state index contributed by atoms with van der Waals surface area (Å²) in [4.78, 5) is 0. The molecule has 392 valence electrons. The Morgan fingerprint density at radius 3 is 0.577 bits per heavy atom. The predicted octanol–water partition coefficient (Wildman–Crippen LogP) is 10.6. The van der Waals surface area contributed by atoms with E-state index >= 15 is 0 Å². The van der Waals surface area contributed by atoms with Crippen LogP contribution >= 0.6 is 0 Å². The normalized spacial score (nSPS) is 10.3. The minimum absolute atomic E-state index is 0. The Morgan fingerprint density at radius 2 is 0.410 bits per heavy atom. The quantitative estimate of drug-likeness (QED) is 0.122. The van der Waals surface area contributed by atoms with Gasteiger partial charge < -0.3 is 24.8 Å². The van der Waals surface area contributed by atoms with Crippen LogP contribution in [0.4, 0.5) is 0 Å². The van der Waals surface area contributed by atoms with Gasteiger partial charge in [-0.15, -0.1) is 136 Å². The second-order valence-electron chi connectivity index (χ2n) is 20.5. The van der Waals surface area contributed by atoms with Crippen LogP contribution in [0, 0.1) is 83.1 Å². The van der Waals surface area contributed by atoms with E-state index in [9.17, 15) is 0 Å². The van der Waals surface area contributed by atoms with E-state index in [0.29, 0.717) is 0 Å². The first-order valence-electron chi connectivity index (χ1n) is 26.4. The molecule has 0 spiro atoms. The molecule has 0 unspecified atom stereocenters. The summed E-state index contributed by atoms with van der Waals surface area (Å²) in [5, 5.41) is 17.3. The van der Waals surface area contributed by atoms with Crippen molar-refractivity contribution in [3.05, 3.63) is 285 Å². The number of benzene rings is 8. The van der Waals surface area contributed by atoms with Gasteiger partial charge in [0.1, 0.15) is 0 Å². The molecule has 0 aromatic heterocycles. The van der Waals surface area contributed by atoms with Crippen molar-refractivity contribution in [2.45, 2.75) is 83.1 Å². The van der Waals surface area contributed by atoms with Crippen molar-refractivity contribution in [3.8, 4) is 0 Å². The van der Waals surface area contributed by atoms with E-state index in [1.54, 1.807) is 46.7 Å². The maximum absolute atomic E-state index is 2.26. The standard InChI is InChI=1S/2C12H10Si.4C12H13.2ClH.2Zr/c2*1-3-7-11(8-4-1)13-12-9-5-2-6-10-12;4*1-8-6-11-9(2)4-5-10(3)12(11)7-8;;;;/h2*1-10H;4*4-7H,1-3H3;2*1H;;/q;;4*-1;;;2*+2/p-2. The van der Waals surface area contributed by atoms with Gasteiger partial charge in [0, 0.05) is 0 Å². The van der Waals surface area contributed by atoms with Crippen molar-refractivity contribution in [2.24, 2.45) is 0 Å². The van der Waals surface area contributed by atoms with Crippen molar-refractivity contribution in [1.82, 2.24) is 0 Å². The summed E-state index contributed by atoms with van der Waals surface area (Å²) in [6.07, 6.45) is 0. The topological polar surface area (TPSA) is 0 Å². The SMILES string of the molecule is Cc1cc2c(C)ccc(C)c2[cH-]1.Cc1cc2c(C)ccc(C)c2[cH-]1.Cc1cc2c(C)ccc(C)c2[cH-]1.Cc1cc2c(C)ccc(C)c2[cH-]1.[Cl-].[Cl-].[Zr+2]=[Si](c1ccccc1)c1ccccc1.[Zr+2]=[Si](c1ccccc1)c1ccccc1. The predicted molar refractivity (Wildman–Crippen MR) is 331 cm³/mol. The van der Waals surface area contributed by atoms with Crippen LogP contribution in [-0.4, -0.2) is 10.9 Å². The third-order valence-electron chi connectivity index (χ3n) is 14.1. The molecule has 78 heavy (non-hydrogen) atoms. The summed E-state index contributed by atoms with van der Waals surface area (Å²) in [5.74, 6) is 0. The van der Waals surface area contributed by atoms with Gasteiger partial charge in [0.05, 0.1) is 0 Å². The Hall–Kier alpha value is -5.02. The fourth-order valence-electron chi connectivity index (χ4n) is 9.69. The molecule has 0 bridgehead atoms. The Labute approximate surface area is 509 Å². The first-order valence-corrected chi connectivity index (χ1v) is 36.8. The zero-order chi connectivity index (χ0) is 54.5. The molecule has 0 amide bonds. The maximum atomic E-state index is 2.26. The Morgan fingerprint density at radius 1 is 0.244 bits per heavy atom. The van der Waals surface area contributed by atoms with Gasteiger partial charge in [-0.3, -0.25) is 0 Å². The molecule has 0 aliphatic carbocycles. The van der Waals surface area contributed by atoms with Gasteiger partial charge in [-0.1, -0.05) is 102 Å². The van der Waals surface area contributed by atoms with Crippen LogP contribution in [-0.2, 0) is 46.7 Å². The summed E-state index contributed by atoms with van der Waals surface area (Å²) >= 11 is 3.29. The minimum atomic E-state index is -0.455. The average Bonchev–Trinajstić information content (AvgIpc) is 4.26. The summed E-state index contributed by atoms with van der Waals surface area (Å²) in [7, 11) is 0. The van der Waals surface area contributed by atoms with Crippen molar-refractivity contribution < 1.29 is 71.5 Å². The van der Waals surface area contributed by atoms with E-state index in [1.165, 1.54) is 131 Å². The molecule has 6 heteroatoms. The van der Waals surface area contributed by atoms with Crippen LogP contribution in [0.15, 0.2) is 218 Å². The number of fused-ring (bicyclic) bond motifs is 4. The van der Waals surface area contributed by atoms with E-state index in [-0.39, 0.29) is 24.8 Å². The van der Waals surface area contributed by atoms with E-state index in [1.807, 2.05) is 0 Å². The van der Waals surface area contributed by atoms with E-state index in [0.717, 1.165) is 0 Å². The third-order valence-corrected chi connectivity index (χ3v) is 26.3. The third kappa shape index (κ3) is 17.0. The Kier molecular flexibility index (Phi) is 25.0. The van der Waals surface area contributed by atoms with E-state index in [4.69, 9.17) is 0 Å². The summed E-state index contributed by atoms with van der Waals surface area (Å²) in [5.41, 5.74) is 15.6. The Balaban J connectivity index is 0.000000172. The molecule has 0 radical (unpaired) electrons. The molecule has 0 fully saturated rings. The fraction of sp³-hybridized carbons (Fsp3) is 0.167. The molecule has 12 aromatic rings. The van der Waals surface area contributed by atoms with E-state index < -0.39 is 10.9 Å². The van der Waals surface area contributed by atoms with Crippen molar-refractivity contribution in [2.75, 3.05) is 0 Å². The summed E-state index contributed by atoms with van der Waals surface area (Å²) in [6, 6.07) is 79.0. The van der Waals surface area contributed by atoms with Gasteiger partial charge in [-0.05, 0) is 27.7 Å². The van der Waals surface area contributed by atoms with Gasteiger partial charge in [-0.25, -0.2) is 0 Å². The zero-order valence-electron chi connectivity index (χ0n) is 47.5. The van der Waals surface area contributed by atoms with Gasteiger partial charge >= 0.3 is 200 Å². The van der Waals surface area contributed by atoms with Crippen LogP contribution in [0.3, 0.4) is 0 Å². The van der Waals surface area contributed by atoms with Crippen LogP contribution in [0.25, 0.3) is 43.1 Å². The molecule has 0 atom stereocenters. The molecule has 0 aliphatic rings. The first kappa shape index (κ1) is 63.8. The van der Waals surface area contributed by atoms with Gasteiger partial charge in [0.15, 0.2) is 0 Å². The van der Waals surface area contributed by atoms with Crippen molar-refractivity contribution >= 4 is 74.7 Å². The second-order valence-corrected chi connectivity index (χ2v) is 31.6. The summed E-state index contributed by atoms with van der Waals surface area (Å²) < 4.78 is 0. The van der Waals surface area contributed by atoms with Crippen LogP contribution in [0.5, 0.6) is 0 Å². The van der Waals surface area contributed by atoms with Crippen LogP contribution < -0.4 is 45.6 Å². The zero-order valence-corrected chi connectivity index (χ0v) is 56.0. The summed E-state index contributed by atoms with van der Waals surface area (Å²) in [6.45, 7) is 25.9. The molecular weight excluding hydrogens is 1170 g/mol. The molecule has 0 aliphatic heterocycles. The monoisotopic (exact) mass is 1240 g/mol. The van der Waals surface area contributed by atoms with Crippen molar-refractivity contribution in [3.63, 3.8) is 0 Å². The molecule has 0 saturated carbocycles. The molecule has 0 N–H and O–H groups in total. The molecule has 12 aromatic carbocycles. The van der Waals surface area contributed by atoms with Gasteiger partial charge in [0.2, 0.25) is 0 Å². The number of rotatable bonds is 4. The average molecular weight is 1250 g/mol.